The molecule has 0 aliphatic carbocycles. The van der Waals surface area contributed by atoms with Gasteiger partial charge in [0.2, 0.25) is 12.4 Å². The first-order valence-corrected chi connectivity index (χ1v) is 10.9. The number of fused-ring (bicyclic) bond motifs is 3. The smallest absolute Gasteiger partial charge is 0.374 e. The molecule has 170 valence electrons. The van der Waals surface area contributed by atoms with E-state index in [-0.39, 0.29) is 49.1 Å². The molecule has 1 amide bonds. The first-order chi connectivity index (χ1) is 14.8. The van der Waals surface area contributed by atoms with Crippen LogP contribution in [-0.4, -0.2) is 78.0 Å². The molecule has 0 N–H and O–H groups in total. The van der Waals surface area contributed by atoms with Crippen molar-refractivity contribution in [3.8, 4) is 0 Å². The zero-order chi connectivity index (χ0) is 21.8. The molecule has 1 aromatic heterocycles. The number of piperidine rings is 1. The molecule has 0 spiro atoms. The van der Waals surface area contributed by atoms with Crippen molar-refractivity contribution in [3.05, 3.63) is 16.4 Å². The average Bonchev–Trinajstić information content (AvgIpc) is 3.37. The fourth-order valence-corrected chi connectivity index (χ4v) is 5.35. The largest absolute Gasteiger partial charge is 0.408 e. The summed E-state index contributed by atoms with van der Waals surface area (Å²) in [5, 5.41) is 0. The van der Waals surface area contributed by atoms with Gasteiger partial charge in [-0.15, -0.1) is 0 Å². The molecule has 4 aliphatic rings. The quantitative estimate of drug-likeness (QED) is 0.655. The molecule has 1 unspecified atom stereocenters. The summed E-state index contributed by atoms with van der Waals surface area (Å²) in [6.45, 7) is 2.40. The van der Waals surface area contributed by atoms with Crippen molar-refractivity contribution in [1.82, 2.24) is 14.5 Å². The number of ether oxygens (including phenoxy) is 1. The molecule has 1 aromatic rings. The average molecular weight is 441 g/mol. The maximum atomic E-state index is 13.9. The monoisotopic (exact) mass is 441 g/mol. The Morgan fingerprint density at radius 1 is 1.19 bits per heavy atom. The van der Waals surface area contributed by atoms with Gasteiger partial charge in [0.15, 0.2) is 0 Å². The number of rotatable bonds is 4. The summed E-state index contributed by atoms with van der Waals surface area (Å²) in [4.78, 5) is 33.3. The van der Waals surface area contributed by atoms with Crippen molar-refractivity contribution in [3.63, 3.8) is 0 Å². The van der Waals surface area contributed by atoms with E-state index in [2.05, 4.69) is 4.98 Å². The second-order valence-electron chi connectivity index (χ2n) is 8.98. The Labute approximate surface area is 177 Å². The van der Waals surface area contributed by atoms with Crippen LogP contribution in [0.5, 0.6) is 0 Å². The third kappa shape index (κ3) is 3.77. The lowest BCUT2D eigenvalue weighted by molar-refractivity contribution is -0.153. The lowest BCUT2D eigenvalue weighted by atomic mass is 9.95. The molecule has 8 nitrogen and oxygen atoms in total. The zero-order valence-corrected chi connectivity index (χ0v) is 17.1. The van der Waals surface area contributed by atoms with Gasteiger partial charge in [0, 0.05) is 38.8 Å². The summed E-state index contributed by atoms with van der Waals surface area (Å²) in [6, 6.07) is -0.112. The van der Waals surface area contributed by atoms with Crippen molar-refractivity contribution in [2.24, 2.45) is 5.92 Å². The molecule has 5 heterocycles. The van der Waals surface area contributed by atoms with E-state index in [0.717, 1.165) is 12.8 Å². The summed E-state index contributed by atoms with van der Waals surface area (Å²) in [5.74, 6) is 0.553. The molecule has 31 heavy (non-hydrogen) atoms. The maximum Gasteiger partial charge on any atom is 0.408 e. The Hall–Kier alpha value is -2.30. The number of hydrogen-bond acceptors (Lipinski definition) is 6. The first-order valence-electron chi connectivity index (χ1n) is 10.9. The summed E-state index contributed by atoms with van der Waals surface area (Å²) >= 11 is 0. The molecule has 0 saturated carbocycles. The Bertz CT molecular complexity index is 899. The van der Waals surface area contributed by atoms with Crippen LogP contribution >= 0.6 is 0 Å². The molecule has 4 aliphatic heterocycles. The molecule has 3 saturated heterocycles. The van der Waals surface area contributed by atoms with Crippen LogP contribution in [0, 0.1) is 5.92 Å². The van der Waals surface area contributed by atoms with Gasteiger partial charge in [-0.05, 0) is 31.6 Å². The highest BCUT2D eigenvalue weighted by molar-refractivity contribution is 5.49. The van der Waals surface area contributed by atoms with Crippen LogP contribution in [0.25, 0.3) is 0 Å². The first kappa shape index (κ1) is 20.6. The number of hydrogen-bond donors (Lipinski definition) is 0. The van der Waals surface area contributed by atoms with Crippen molar-refractivity contribution in [1.29, 1.82) is 0 Å². The number of carbonyl (C=O) groups is 1. The van der Waals surface area contributed by atoms with Crippen molar-refractivity contribution in [2.45, 2.75) is 56.6 Å². The predicted molar refractivity (Wildman–Crippen MR) is 106 cm³/mol. The van der Waals surface area contributed by atoms with Gasteiger partial charge in [-0.1, -0.05) is 0 Å². The van der Waals surface area contributed by atoms with Crippen molar-refractivity contribution < 1.29 is 22.7 Å². The van der Waals surface area contributed by atoms with Gasteiger partial charge in [0.1, 0.15) is 11.9 Å². The standard InChI is InChI=1S/C20H26F3N5O3/c21-20(22,23)16-3-6-26-18(30)8-17(27-10-15-7-14(27)11-31-15)24-19(26)28(16)9-13-1-4-25(12-29)5-2-13/h8,12-16H,1-7,9-11H2/t14-,15-,16?/m0/s1. The number of halogens is 3. The summed E-state index contributed by atoms with van der Waals surface area (Å²) in [6.07, 6.45) is -1.59. The highest BCUT2D eigenvalue weighted by Crippen LogP contribution is 2.37. The van der Waals surface area contributed by atoms with Crippen molar-refractivity contribution in [2.75, 3.05) is 42.6 Å². The zero-order valence-electron chi connectivity index (χ0n) is 17.1. The third-order valence-corrected chi connectivity index (χ3v) is 7.06. The second kappa shape index (κ2) is 7.68. The van der Waals surface area contributed by atoms with E-state index in [9.17, 15) is 22.8 Å². The van der Waals surface area contributed by atoms with E-state index in [1.807, 2.05) is 4.90 Å². The normalized spacial score (nSPS) is 28.9. The van der Waals surface area contributed by atoms with Crippen molar-refractivity contribution >= 4 is 18.2 Å². The van der Waals surface area contributed by atoms with E-state index in [1.165, 1.54) is 15.5 Å². The van der Waals surface area contributed by atoms with Crippen LogP contribution in [-0.2, 0) is 16.1 Å². The fraction of sp³-hybridized carbons (Fsp3) is 0.750. The topological polar surface area (TPSA) is 70.9 Å². The van der Waals surface area contributed by atoms with Gasteiger partial charge >= 0.3 is 6.18 Å². The van der Waals surface area contributed by atoms with E-state index in [0.29, 0.717) is 44.9 Å². The molecular formula is C20H26F3N5O3. The number of amides is 1. The second-order valence-corrected chi connectivity index (χ2v) is 8.98. The lowest BCUT2D eigenvalue weighted by Crippen LogP contribution is -2.54. The van der Waals surface area contributed by atoms with Gasteiger partial charge in [0.25, 0.3) is 5.56 Å². The van der Waals surface area contributed by atoms with Gasteiger partial charge in [-0.25, -0.2) is 0 Å². The predicted octanol–water partition coefficient (Wildman–Crippen LogP) is 1.23. The molecule has 2 bridgehead atoms. The number of aromatic nitrogens is 2. The summed E-state index contributed by atoms with van der Waals surface area (Å²) < 4.78 is 48.8. The number of nitrogens with zero attached hydrogens (tertiary/aromatic N) is 5. The minimum absolute atomic E-state index is 0.000867. The molecule has 0 radical (unpaired) electrons. The molecule has 0 aromatic carbocycles. The van der Waals surface area contributed by atoms with E-state index >= 15 is 0 Å². The van der Waals surface area contributed by atoms with Crippen LogP contribution in [0.3, 0.4) is 0 Å². The molecular weight excluding hydrogens is 415 g/mol. The van der Waals surface area contributed by atoms with E-state index in [1.54, 1.807) is 4.90 Å². The third-order valence-electron chi connectivity index (χ3n) is 7.06. The van der Waals surface area contributed by atoms with Crippen LogP contribution in [0.1, 0.15) is 25.7 Å². The van der Waals surface area contributed by atoms with Gasteiger partial charge in [-0.2, -0.15) is 18.2 Å². The van der Waals surface area contributed by atoms with Gasteiger partial charge in [-0.3, -0.25) is 14.2 Å². The maximum absolute atomic E-state index is 13.9. The minimum Gasteiger partial charge on any atom is -0.374 e. The minimum atomic E-state index is -4.41. The number of likely N-dealkylation sites (tertiary alicyclic amines) is 1. The molecule has 5 rings (SSSR count). The van der Waals surface area contributed by atoms with Gasteiger partial charge in [0.05, 0.1) is 18.8 Å². The Kier molecular flexibility index (Phi) is 5.10. The SMILES string of the molecule is O=CN1CCC(CN2c3nc(N4C[C@@H]5C[C@H]4CO5)cc(=O)n3CCC2C(F)(F)F)CC1. The summed E-state index contributed by atoms with van der Waals surface area (Å²) in [7, 11) is 0. The van der Waals surface area contributed by atoms with Crippen LogP contribution in [0.2, 0.25) is 0 Å². The van der Waals surface area contributed by atoms with Crippen LogP contribution in [0.4, 0.5) is 24.9 Å². The highest BCUT2D eigenvalue weighted by atomic mass is 19.4. The number of morpholine rings is 1. The summed E-state index contributed by atoms with van der Waals surface area (Å²) in [5.41, 5.74) is -0.315. The van der Waals surface area contributed by atoms with E-state index in [4.69, 9.17) is 4.74 Å². The Morgan fingerprint density at radius 3 is 2.58 bits per heavy atom. The van der Waals surface area contributed by atoms with E-state index < -0.39 is 12.2 Å². The number of anilines is 2. The number of carbonyl (C=O) groups excluding carboxylic acids is 1. The lowest BCUT2D eigenvalue weighted by Gasteiger charge is -2.42. The highest BCUT2D eigenvalue weighted by Gasteiger charge is 2.48. The molecule has 3 atom stereocenters. The molecule has 3 fully saturated rings. The van der Waals surface area contributed by atoms with Crippen LogP contribution < -0.4 is 15.4 Å². The number of alkyl halides is 3. The Balaban J connectivity index is 1.47. The van der Waals surface area contributed by atoms with Crippen LogP contribution in [0.15, 0.2) is 10.9 Å². The molecule has 11 heteroatoms. The Morgan fingerprint density at radius 2 is 1.97 bits per heavy atom. The van der Waals surface area contributed by atoms with Gasteiger partial charge < -0.3 is 19.4 Å². The fourth-order valence-electron chi connectivity index (χ4n) is 5.35.